The second-order valence-electron chi connectivity index (χ2n) is 5.84. The Labute approximate surface area is 149 Å². The molecule has 0 aliphatic heterocycles. The van der Waals surface area contributed by atoms with Crippen LogP contribution >= 0.6 is 0 Å². The van der Waals surface area contributed by atoms with Crippen LogP contribution in [0.4, 0.5) is 5.69 Å². The molecule has 0 saturated carbocycles. The van der Waals surface area contributed by atoms with Crippen LogP contribution in [0.15, 0.2) is 54.6 Å². The van der Waals surface area contributed by atoms with Crippen molar-refractivity contribution in [3.63, 3.8) is 0 Å². The van der Waals surface area contributed by atoms with Crippen molar-refractivity contribution in [2.24, 2.45) is 0 Å². The Morgan fingerprint density at radius 3 is 2.44 bits per heavy atom. The van der Waals surface area contributed by atoms with Crippen molar-refractivity contribution in [1.29, 1.82) is 0 Å². The summed E-state index contributed by atoms with van der Waals surface area (Å²) in [5.41, 5.74) is 2.23. The van der Waals surface area contributed by atoms with Gasteiger partial charge in [0.05, 0.1) is 18.7 Å². The van der Waals surface area contributed by atoms with Crippen molar-refractivity contribution in [3.05, 3.63) is 65.7 Å². The molecule has 1 amide bonds. The maximum Gasteiger partial charge on any atom is 0.338 e. The van der Waals surface area contributed by atoms with Crippen LogP contribution in [-0.4, -0.2) is 18.5 Å². The Bertz CT molecular complexity index is 697. The third-order valence-corrected chi connectivity index (χ3v) is 3.90. The Morgan fingerprint density at radius 1 is 1.00 bits per heavy atom. The number of anilines is 1. The molecule has 2 rings (SSSR count). The van der Waals surface area contributed by atoms with Crippen LogP contribution in [0.5, 0.6) is 0 Å². The summed E-state index contributed by atoms with van der Waals surface area (Å²) in [5, 5.41) is 0. The molecule has 0 fully saturated rings. The highest BCUT2D eigenvalue weighted by Gasteiger charge is 2.17. The number of ether oxygens (including phenoxy) is 1. The number of unbranched alkanes of at least 4 members (excludes halogenated alkanes) is 1. The number of benzene rings is 2. The van der Waals surface area contributed by atoms with Gasteiger partial charge in [-0.05, 0) is 37.1 Å². The molecule has 0 bridgehead atoms. The molecule has 2 aromatic rings. The van der Waals surface area contributed by atoms with E-state index in [1.807, 2.05) is 36.4 Å². The monoisotopic (exact) mass is 339 g/mol. The van der Waals surface area contributed by atoms with Crippen molar-refractivity contribution < 1.29 is 14.3 Å². The first-order valence-electron chi connectivity index (χ1n) is 8.77. The van der Waals surface area contributed by atoms with Gasteiger partial charge < -0.3 is 9.64 Å². The summed E-state index contributed by atoms with van der Waals surface area (Å²) < 4.78 is 5.06. The smallest absolute Gasteiger partial charge is 0.338 e. The van der Waals surface area contributed by atoms with Gasteiger partial charge in [-0.2, -0.15) is 0 Å². The molecule has 0 spiro atoms. The number of amides is 1. The van der Waals surface area contributed by atoms with Crippen LogP contribution in [0.2, 0.25) is 0 Å². The summed E-state index contributed by atoms with van der Waals surface area (Å²) in [6.45, 7) is 4.65. The normalized spacial score (nSPS) is 10.3. The average molecular weight is 339 g/mol. The molecule has 0 radical (unpaired) electrons. The van der Waals surface area contributed by atoms with Gasteiger partial charge in [0.15, 0.2) is 0 Å². The lowest BCUT2D eigenvalue weighted by molar-refractivity contribution is -0.118. The van der Waals surface area contributed by atoms with Crippen LogP contribution in [0.1, 0.15) is 49.0 Å². The second kappa shape index (κ2) is 9.62. The molecule has 0 heterocycles. The molecule has 0 N–H and O–H groups in total. The maximum atomic E-state index is 12.7. The van der Waals surface area contributed by atoms with Crippen LogP contribution in [0.25, 0.3) is 0 Å². The number of hydrogen-bond donors (Lipinski definition) is 0. The van der Waals surface area contributed by atoms with E-state index in [9.17, 15) is 9.59 Å². The first kappa shape index (κ1) is 18.7. The Morgan fingerprint density at radius 2 is 1.76 bits per heavy atom. The zero-order valence-electron chi connectivity index (χ0n) is 14.9. The van der Waals surface area contributed by atoms with Gasteiger partial charge in [-0.3, -0.25) is 4.79 Å². The minimum atomic E-state index is -0.370. The number of nitrogens with zero attached hydrogens (tertiary/aromatic N) is 1. The van der Waals surface area contributed by atoms with Crippen LogP contribution in [0, 0.1) is 0 Å². The lowest BCUT2D eigenvalue weighted by atomic mass is 10.1. The standard InChI is InChI=1S/C21H25NO3/c1-3-5-14-20(23)22(16-17-10-7-6-8-11-17)19-13-9-12-18(15-19)21(24)25-4-2/h6-13,15H,3-5,14,16H2,1-2H3. The van der Waals surface area contributed by atoms with Crippen molar-refractivity contribution in [2.45, 2.75) is 39.7 Å². The van der Waals surface area contributed by atoms with E-state index < -0.39 is 0 Å². The predicted octanol–water partition coefficient (Wildman–Crippen LogP) is 4.59. The van der Waals surface area contributed by atoms with Crippen molar-refractivity contribution in [2.75, 3.05) is 11.5 Å². The van der Waals surface area contributed by atoms with E-state index in [-0.39, 0.29) is 11.9 Å². The van der Waals surface area contributed by atoms with Crippen LogP contribution < -0.4 is 4.90 Å². The molecule has 25 heavy (non-hydrogen) atoms. The summed E-state index contributed by atoms with van der Waals surface area (Å²) >= 11 is 0. The van der Waals surface area contributed by atoms with E-state index in [4.69, 9.17) is 4.74 Å². The van der Waals surface area contributed by atoms with Crippen LogP contribution in [0.3, 0.4) is 0 Å². The molecule has 0 unspecified atom stereocenters. The van der Waals surface area contributed by atoms with Crippen LogP contribution in [-0.2, 0) is 16.1 Å². The fraction of sp³-hybridized carbons (Fsp3) is 0.333. The number of carbonyl (C=O) groups excluding carboxylic acids is 2. The fourth-order valence-electron chi connectivity index (χ4n) is 2.57. The molecule has 4 nitrogen and oxygen atoms in total. The van der Waals surface area contributed by atoms with Crippen molar-refractivity contribution in [1.82, 2.24) is 0 Å². The molecule has 0 aromatic heterocycles. The third kappa shape index (κ3) is 5.45. The summed E-state index contributed by atoms with van der Waals surface area (Å²) in [6.07, 6.45) is 2.31. The van der Waals surface area contributed by atoms with E-state index in [0.717, 1.165) is 24.1 Å². The van der Waals surface area contributed by atoms with E-state index >= 15 is 0 Å². The highest BCUT2D eigenvalue weighted by Crippen LogP contribution is 2.21. The minimum Gasteiger partial charge on any atom is -0.462 e. The highest BCUT2D eigenvalue weighted by atomic mass is 16.5. The second-order valence-corrected chi connectivity index (χ2v) is 5.84. The van der Waals surface area contributed by atoms with E-state index in [1.54, 1.807) is 30.0 Å². The largest absolute Gasteiger partial charge is 0.462 e. The Balaban J connectivity index is 2.29. The number of carbonyl (C=O) groups is 2. The zero-order valence-corrected chi connectivity index (χ0v) is 14.9. The summed E-state index contributed by atoms with van der Waals surface area (Å²) in [7, 11) is 0. The van der Waals surface area contributed by atoms with Gasteiger partial charge in [0.2, 0.25) is 5.91 Å². The first-order chi connectivity index (χ1) is 12.2. The topological polar surface area (TPSA) is 46.6 Å². The average Bonchev–Trinajstić information content (AvgIpc) is 2.65. The van der Waals surface area contributed by atoms with Gasteiger partial charge in [-0.15, -0.1) is 0 Å². The molecule has 0 aliphatic rings. The quantitative estimate of drug-likeness (QED) is 0.661. The Hall–Kier alpha value is -2.62. The molecule has 0 saturated heterocycles. The summed E-state index contributed by atoms with van der Waals surface area (Å²) in [6, 6.07) is 16.9. The number of rotatable bonds is 8. The molecule has 4 heteroatoms. The third-order valence-electron chi connectivity index (χ3n) is 3.90. The lowest BCUT2D eigenvalue weighted by Gasteiger charge is -2.23. The van der Waals surface area contributed by atoms with E-state index in [0.29, 0.717) is 25.1 Å². The van der Waals surface area contributed by atoms with Gasteiger partial charge in [0.1, 0.15) is 0 Å². The molecule has 0 aliphatic carbocycles. The van der Waals surface area contributed by atoms with Gasteiger partial charge in [0, 0.05) is 12.1 Å². The van der Waals surface area contributed by atoms with E-state index in [2.05, 4.69) is 6.92 Å². The molecular formula is C21H25NO3. The van der Waals surface area contributed by atoms with Gasteiger partial charge in [-0.1, -0.05) is 49.7 Å². The molecular weight excluding hydrogens is 314 g/mol. The van der Waals surface area contributed by atoms with E-state index in [1.165, 1.54) is 0 Å². The summed E-state index contributed by atoms with van der Waals surface area (Å²) in [4.78, 5) is 26.5. The van der Waals surface area contributed by atoms with Crippen molar-refractivity contribution in [3.8, 4) is 0 Å². The highest BCUT2D eigenvalue weighted by molar-refractivity contribution is 5.96. The van der Waals surface area contributed by atoms with Gasteiger partial charge in [-0.25, -0.2) is 4.79 Å². The van der Waals surface area contributed by atoms with Gasteiger partial charge >= 0.3 is 5.97 Å². The predicted molar refractivity (Wildman–Crippen MR) is 99.6 cm³/mol. The zero-order chi connectivity index (χ0) is 18.1. The first-order valence-corrected chi connectivity index (χ1v) is 8.77. The number of esters is 1. The maximum absolute atomic E-state index is 12.7. The number of hydrogen-bond acceptors (Lipinski definition) is 3. The van der Waals surface area contributed by atoms with Crippen molar-refractivity contribution >= 4 is 17.6 Å². The Kier molecular flexibility index (Phi) is 7.20. The van der Waals surface area contributed by atoms with Gasteiger partial charge in [0.25, 0.3) is 0 Å². The summed E-state index contributed by atoms with van der Waals surface area (Å²) in [5.74, 6) is -0.309. The molecule has 0 atom stereocenters. The lowest BCUT2D eigenvalue weighted by Crippen LogP contribution is -2.30. The molecule has 132 valence electrons. The minimum absolute atomic E-state index is 0.0618. The fourth-order valence-corrected chi connectivity index (χ4v) is 2.57. The molecule has 2 aromatic carbocycles. The SMILES string of the molecule is CCCCC(=O)N(Cc1ccccc1)c1cccc(C(=O)OCC)c1.